The highest BCUT2D eigenvalue weighted by molar-refractivity contribution is 5.79. The van der Waals surface area contributed by atoms with Crippen LogP contribution in [0.2, 0.25) is 0 Å². The molecular formula is C14H21NO2. The minimum absolute atomic E-state index is 0.00588. The van der Waals surface area contributed by atoms with E-state index in [1.54, 1.807) is 11.8 Å². The zero-order valence-corrected chi connectivity index (χ0v) is 10.8. The van der Waals surface area contributed by atoms with Crippen molar-refractivity contribution in [2.24, 2.45) is 5.92 Å². The van der Waals surface area contributed by atoms with Crippen molar-refractivity contribution in [2.45, 2.75) is 26.9 Å². The van der Waals surface area contributed by atoms with Crippen LogP contribution in [0.4, 0.5) is 0 Å². The highest BCUT2D eigenvalue weighted by Crippen LogP contribution is 2.23. The molecule has 0 saturated carbocycles. The normalized spacial score (nSPS) is 14.1. The third kappa shape index (κ3) is 3.30. The van der Waals surface area contributed by atoms with E-state index in [2.05, 4.69) is 0 Å². The summed E-state index contributed by atoms with van der Waals surface area (Å²) in [6.45, 7) is 7.03. The first-order chi connectivity index (χ1) is 8.11. The fourth-order valence-electron chi connectivity index (χ4n) is 1.90. The molecule has 0 heterocycles. The smallest absolute Gasteiger partial charge is 0.228 e. The van der Waals surface area contributed by atoms with Crippen LogP contribution in [-0.2, 0) is 4.79 Å². The summed E-state index contributed by atoms with van der Waals surface area (Å²) in [7, 11) is 0. The van der Waals surface area contributed by atoms with E-state index in [0.29, 0.717) is 13.1 Å². The molecule has 0 aliphatic carbocycles. The van der Waals surface area contributed by atoms with Crippen molar-refractivity contribution in [2.75, 3.05) is 13.1 Å². The Morgan fingerprint density at radius 2 is 1.76 bits per heavy atom. The lowest BCUT2D eigenvalue weighted by atomic mass is 9.96. The first-order valence-corrected chi connectivity index (χ1v) is 6.13. The number of aliphatic hydroxyl groups is 1. The van der Waals surface area contributed by atoms with Gasteiger partial charge >= 0.3 is 0 Å². The van der Waals surface area contributed by atoms with Crippen molar-refractivity contribution in [3.8, 4) is 0 Å². The van der Waals surface area contributed by atoms with Gasteiger partial charge in [-0.15, -0.1) is 0 Å². The lowest BCUT2D eigenvalue weighted by molar-refractivity contribution is -0.138. The topological polar surface area (TPSA) is 40.5 Å². The second-order valence-electron chi connectivity index (χ2n) is 4.15. The summed E-state index contributed by atoms with van der Waals surface area (Å²) >= 11 is 0. The molecule has 3 heteroatoms. The number of rotatable bonds is 5. The Kier molecular flexibility index (Phi) is 5.16. The fraction of sp³-hybridized carbons (Fsp3) is 0.500. The van der Waals surface area contributed by atoms with Crippen LogP contribution < -0.4 is 0 Å². The van der Waals surface area contributed by atoms with Gasteiger partial charge in [-0.25, -0.2) is 0 Å². The van der Waals surface area contributed by atoms with Crippen LogP contribution in [0.1, 0.15) is 32.4 Å². The average molecular weight is 235 g/mol. The van der Waals surface area contributed by atoms with E-state index in [1.165, 1.54) is 0 Å². The van der Waals surface area contributed by atoms with Crippen LogP contribution in [0, 0.1) is 5.92 Å². The van der Waals surface area contributed by atoms with Gasteiger partial charge in [0.25, 0.3) is 0 Å². The fourth-order valence-corrected chi connectivity index (χ4v) is 1.90. The van der Waals surface area contributed by atoms with Crippen molar-refractivity contribution >= 4 is 5.91 Å². The zero-order chi connectivity index (χ0) is 12.8. The minimum Gasteiger partial charge on any atom is -0.388 e. The molecule has 3 nitrogen and oxygen atoms in total. The van der Waals surface area contributed by atoms with Gasteiger partial charge in [0.2, 0.25) is 5.91 Å². The van der Waals surface area contributed by atoms with Gasteiger partial charge in [-0.1, -0.05) is 37.3 Å². The van der Waals surface area contributed by atoms with Gasteiger partial charge < -0.3 is 10.0 Å². The molecule has 0 aliphatic rings. The Morgan fingerprint density at radius 1 is 1.24 bits per heavy atom. The van der Waals surface area contributed by atoms with Gasteiger partial charge in [0.15, 0.2) is 0 Å². The van der Waals surface area contributed by atoms with E-state index in [0.717, 1.165) is 5.56 Å². The lowest BCUT2D eigenvalue weighted by Gasteiger charge is -2.26. The summed E-state index contributed by atoms with van der Waals surface area (Å²) in [4.78, 5) is 13.8. The molecular weight excluding hydrogens is 214 g/mol. The molecule has 0 fully saturated rings. The van der Waals surface area contributed by atoms with Gasteiger partial charge in [-0.2, -0.15) is 0 Å². The molecule has 94 valence electrons. The molecule has 17 heavy (non-hydrogen) atoms. The predicted molar refractivity (Wildman–Crippen MR) is 68.5 cm³/mol. The van der Waals surface area contributed by atoms with Crippen LogP contribution in [0.15, 0.2) is 30.3 Å². The van der Waals surface area contributed by atoms with Crippen LogP contribution >= 0.6 is 0 Å². The third-order valence-electron chi connectivity index (χ3n) is 3.08. The number of aliphatic hydroxyl groups excluding tert-OH is 1. The molecule has 0 unspecified atom stereocenters. The Balaban J connectivity index is 2.76. The summed E-state index contributed by atoms with van der Waals surface area (Å²) in [5.74, 6) is -0.399. The van der Waals surface area contributed by atoms with Crippen LogP contribution in [0.25, 0.3) is 0 Å². The van der Waals surface area contributed by atoms with Gasteiger partial charge in [0.05, 0.1) is 12.0 Å². The molecule has 1 rings (SSSR count). The Morgan fingerprint density at radius 3 is 2.24 bits per heavy atom. The third-order valence-corrected chi connectivity index (χ3v) is 3.08. The van der Waals surface area contributed by atoms with E-state index in [9.17, 15) is 9.90 Å². The van der Waals surface area contributed by atoms with Crippen molar-refractivity contribution in [1.29, 1.82) is 0 Å². The predicted octanol–water partition coefficient (Wildman–Crippen LogP) is 2.22. The SMILES string of the molecule is CCN(CC)C(=O)[C@H](C)[C@H](O)c1ccccc1. The monoisotopic (exact) mass is 235 g/mol. The Hall–Kier alpha value is -1.35. The highest BCUT2D eigenvalue weighted by Gasteiger charge is 2.26. The number of amides is 1. The maximum atomic E-state index is 12.1. The maximum absolute atomic E-state index is 12.1. The molecule has 0 aliphatic heterocycles. The first-order valence-electron chi connectivity index (χ1n) is 6.13. The molecule has 0 spiro atoms. The van der Waals surface area contributed by atoms with Gasteiger partial charge in [-0.05, 0) is 19.4 Å². The van der Waals surface area contributed by atoms with Crippen molar-refractivity contribution in [3.05, 3.63) is 35.9 Å². The van der Waals surface area contributed by atoms with Crippen LogP contribution in [-0.4, -0.2) is 29.0 Å². The number of hydrogen-bond acceptors (Lipinski definition) is 2. The summed E-state index contributed by atoms with van der Waals surface area (Å²) in [6, 6.07) is 9.32. The van der Waals surface area contributed by atoms with Gasteiger partial charge in [0, 0.05) is 13.1 Å². The number of carbonyl (C=O) groups excluding carboxylic acids is 1. The summed E-state index contributed by atoms with van der Waals surface area (Å²) in [5.41, 5.74) is 0.792. The van der Waals surface area contributed by atoms with Crippen molar-refractivity contribution in [1.82, 2.24) is 4.90 Å². The molecule has 0 radical (unpaired) electrons. The lowest BCUT2D eigenvalue weighted by Crippen LogP contribution is -2.37. The summed E-state index contributed by atoms with van der Waals surface area (Å²) in [5, 5.41) is 10.2. The molecule has 0 aromatic heterocycles. The summed E-state index contributed by atoms with van der Waals surface area (Å²) < 4.78 is 0. The Bertz CT molecular complexity index is 346. The van der Waals surface area contributed by atoms with E-state index in [-0.39, 0.29) is 5.91 Å². The van der Waals surface area contributed by atoms with Crippen molar-refractivity contribution < 1.29 is 9.90 Å². The number of nitrogens with zero attached hydrogens (tertiary/aromatic N) is 1. The quantitative estimate of drug-likeness (QED) is 0.850. The molecule has 1 aromatic carbocycles. The van der Waals surface area contributed by atoms with E-state index < -0.39 is 12.0 Å². The molecule has 1 amide bonds. The second-order valence-corrected chi connectivity index (χ2v) is 4.15. The zero-order valence-electron chi connectivity index (χ0n) is 10.8. The van der Waals surface area contributed by atoms with E-state index in [4.69, 9.17) is 0 Å². The van der Waals surface area contributed by atoms with E-state index in [1.807, 2.05) is 44.2 Å². The van der Waals surface area contributed by atoms with Crippen molar-refractivity contribution in [3.63, 3.8) is 0 Å². The minimum atomic E-state index is -0.732. The average Bonchev–Trinajstić information content (AvgIpc) is 2.39. The molecule has 0 saturated heterocycles. The van der Waals surface area contributed by atoms with Gasteiger partial charge in [-0.3, -0.25) is 4.79 Å². The molecule has 1 N–H and O–H groups in total. The van der Waals surface area contributed by atoms with Crippen LogP contribution in [0.5, 0.6) is 0 Å². The first kappa shape index (κ1) is 13.7. The highest BCUT2D eigenvalue weighted by atomic mass is 16.3. The Labute approximate surface area is 103 Å². The van der Waals surface area contributed by atoms with Crippen LogP contribution in [0.3, 0.4) is 0 Å². The number of hydrogen-bond donors (Lipinski definition) is 1. The maximum Gasteiger partial charge on any atom is 0.228 e. The number of carbonyl (C=O) groups is 1. The second kappa shape index (κ2) is 6.40. The standard InChI is InChI=1S/C14H21NO2/c1-4-15(5-2)14(17)11(3)13(16)12-9-7-6-8-10-12/h6-11,13,16H,4-5H2,1-3H3/t11-,13+/m1/s1. The van der Waals surface area contributed by atoms with Gasteiger partial charge in [0.1, 0.15) is 0 Å². The largest absolute Gasteiger partial charge is 0.388 e. The number of benzene rings is 1. The van der Waals surface area contributed by atoms with E-state index >= 15 is 0 Å². The summed E-state index contributed by atoms with van der Waals surface area (Å²) in [6.07, 6.45) is -0.732. The molecule has 1 aromatic rings. The molecule has 0 bridgehead atoms. The molecule has 2 atom stereocenters.